The second-order valence-corrected chi connectivity index (χ2v) is 5.06. The fraction of sp³-hybridized carbons (Fsp3) is 0.909. The minimum Gasteiger partial charge on any atom is -0.345 e. The van der Waals surface area contributed by atoms with E-state index in [0.29, 0.717) is 5.92 Å². The predicted molar refractivity (Wildman–Crippen MR) is 64.4 cm³/mol. The minimum atomic E-state index is 0.571. The molecule has 15 heavy (non-hydrogen) atoms. The molecule has 0 bridgehead atoms. The van der Waals surface area contributed by atoms with Crippen LogP contribution in [0.5, 0.6) is 0 Å². The van der Waals surface area contributed by atoms with Gasteiger partial charge in [0.1, 0.15) is 0 Å². The Kier molecular flexibility index (Phi) is 4.39. The molecule has 3 N–H and O–H groups in total. The van der Waals surface area contributed by atoms with Gasteiger partial charge in [0.25, 0.3) is 0 Å². The zero-order valence-electron chi connectivity index (χ0n) is 10.3. The smallest absolute Gasteiger partial charge is 0.208 e. The van der Waals surface area contributed by atoms with E-state index in [0.717, 1.165) is 30.9 Å². The van der Waals surface area contributed by atoms with Crippen LogP contribution in [-0.4, -0.2) is 31.0 Å². The van der Waals surface area contributed by atoms with Crippen LogP contribution in [0.1, 0.15) is 27.2 Å². The third kappa shape index (κ3) is 4.08. The van der Waals surface area contributed by atoms with E-state index in [2.05, 4.69) is 36.1 Å². The Hall–Kier alpha value is -0.770. The molecule has 0 heterocycles. The number of nitrogens with one attached hydrogen (secondary N) is 1. The summed E-state index contributed by atoms with van der Waals surface area (Å²) in [5.74, 6) is 8.55. The summed E-state index contributed by atoms with van der Waals surface area (Å²) in [6.07, 6.45) is 1.34. The predicted octanol–water partition coefficient (Wildman–Crippen LogP) is 1.05. The van der Waals surface area contributed by atoms with Crippen molar-refractivity contribution in [3.63, 3.8) is 0 Å². The molecule has 2 atom stereocenters. The molecule has 4 heteroatoms. The first-order chi connectivity index (χ1) is 7.04. The molecule has 1 fully saturated rings. The highest BCUT2D eigenvalue weighted by Gasteiger charge is 2.33. The first-order valence-electron chi connectivity index (χ1n) is 5.76. The Morgan fingerprint density at radius 3 is 2.60 bits per heavy atom. The maximum Gasteiger partial charge on any atom is 0.208 e. The molecule has 1 saturated carbocycles. The number of hydrazine groups is 1. The van der Waals surface area contributed by atoms with Gasteiger partial charge in [0, 0.05) is 20.1 Å². The van der Waals surface area contributed by atoms with Crippen LogP contribution in [0.2, 0.25) is 0 Å². The Morgan fingerprint density at radius 1 is 1.60 bits per heavy atom. The van der Waals surface area contributed by atoms with Gasteiger partial charge in [0.15, 0.2) is 0 Å². The number of nitrogens with two attached hydrogens (primary N) is 1. The normalized spacial score (nSPS) is 25.6. The summed E-state index contributed by atoms with van der Waals surface area (Å²) in [4.78, 5) is 6.58. The maximum atomic E-state index is 5.47. The lowest BCUT2D eigenvalue weighted by Crippen LogP contribution is -2.44. The van der Waals surface area contributed by atoms with Gasteiger partial charge in [-0.05, 0) is 24.2 Å². The number of nitrogens with zero attached hydrogens (tertiary/aromatic N) is 2. The monoisotopic (exact) mass is 212 g/mol. The van der Waals surface area contributed by atoms with E-state index >= 15 is 0 Å². The fourth-order valence-corrected chi connectivity index (χ4v) is 1.64. The van der Waals surface area contributed by atoms with Crippen molar-refractivity contribution in [2.45, 2.75) is 27.2 Å². The van der Waals surface area contributed by atoms with E-state index < -0.39 is 0 Å². The molecular weight excluding hydrogens is 188 g/mol. The van der Waals surface area contributed by atoms with Gasteiger partial charge in [-0.15, -0.1) is 0 Å². The lowest BCUT2D eigenvalue weighted by molar-refractivity contribution is 0.443. The Bertz CT molecular complexity index is 225. The molecule has 0 amide bonds. The van der Waals surface area contributed by atoms with Crippen LogP contribution in [0.3, 0.4) is 0 Å². The Morgan fingerprint density at radius 2 is 2.20 bits per heavy atom. The van der Waals surface area contributed by atoms with Crippen LogP contribution in [0.15, 0.2) is 4.99 Å². The van der Waals surface area contributed by atoms with Crippen molar-refractivity contribution >= 4 is 5.96 Å². The molecular formula is C11H24N4. The van der Waals surface area contributed by atoms with Crippen LogP contribution in [0.25, 0.3) is 0 Å². The van der Waals surface area contributed by atoms with E-state index in [9.17, 15) is 0 Å². The Labute approximate surface area is 92.9 Å². The SMILES string of the molecule is CC(C)CN=C(NN)N(C)CC1CC1C. The topological polar surface area (TPSA) is 53.6 Å². The van der Waals surface area contributed by atoms with Gasteiger partial charge in [-0.3, -0.25) is 10.4 Å². The molecule has 0 aromatic carbocycles. The summed E-state index contributed by atoms with van der Waals surface area (Å²) < 4.78 is 0. The average Bonchev–Trinajstić information content (AvgIpc) is 2.82. The van der Waals surface area contributed by atoms with E-state index in [1.165, 1.54) is 6.42 Å². The number of guanidine groups is 1. The summed E-state index contributed by atoms with van der Waals surface area (Å²) in [6.45, 7) is 8.48. The first-order valence-corrected chi connectivity index (χ1v) is 5.76. The lowest BCUT2D eigenvalue weighted by atomic mass is 10.2. The minimum absolute atomic E-state index is 0.571. The number of hydrogen-bond donors (Lipinski definition) is 2. The van der Waals surface area contributed by atoms with Gasteiger partial charge < -0.3 is 4.90 Å². The van der Waals surface area contributed by atoms with Crippen LogP contribution >= 0.6 is 0 Å². The van der Waals surface area contributed by atoms with Crippen LogP contribution in [0.4, 0.5) is 0 Å². The quantitative estimate of drug-likeness (QED) is 0.317. The maximum absolute atomic E-state index is 5.47. The molecule has 4 nitrogen and oxygen atoms in total. The van der Waals surface area contributed by atoms with Crippen molar-refractivity contribution < 1.29 is 0 Å². The molecule has 0 aliphatic heterocycles. The van der Waals surface area contributed by atoms with E-state index in [1.54, 1.807) is 0 Å². The third-order valence-corrected chi connectivity index (χ3v) is 2.88. The second kappa shape index (κ2) is 5.35. The molecule has 0 saturated heterocycles. The highest BCUT2D eigenvalue weighted by atomic mass is 15.4. The van der Waals surface area contributed by atoms with E-state index in [1.807, 2.05) is 7.05 Å². The number of rotatable bonds is 4. The van der Waals surface area contributed by atoms with Crippen molar-refractivity contribution in [1.82, 2.24) is 10.3 Å². The van der Waals surface area contributed by atoms with Gasteiger partial charge in [-0.25, -0.2) is 5.84 Å². The summed E-state index contributed by atoms with van der Waals surface area (Å²) >= 11 is 0. The molecule has 0 spiro atoms. The van der Waals surface area contributed by atoms with Crippen LogP contribution < -0.4 is 11.3 Å². The second-order valence-electron chi connectivity index (χ2n) is 5.06. The van der Waals surface area contributed by atoms with Crippen molar-refractivity contribution in [2.75, 3.05) is 20.1 Å². The van der Waals surface area contributed by atoms with Crippen molar-refractivity contribution in [2.24, 2.45) is 28.6 Å². The molecule has 0 aromatic rings. The molecule has 1 rings (SSSR count). The summed E-state index contributed by atoms with van der Waals surface area (Å²) in [6, 6.07) is 0. The standard InChI is InChI=1S/C11H24N4/c1-8(2)6-13-11(14-12)15(4)7-10-5-9(10)3/h8-10H,5-7,12H2,1-4H3,(H,13,14). The van der Waals surface area contributed by atoms with Gasteiger partial charge in [-0.1, -0.05) is 20.8 Å². The van der Waals surface area contributed by atoms with Crippen LogP contribution in [0, 0.1) is 17.8 Å². The lowest BCUT2D eigenvalue weighted by Gasteiger charge is -2.20. The van der Waals surface area contributed by atoms with Gasteiger partial charge in [0.2, 0.25) is 5.96 Å². The fourth-order valence-electron chi connectivity index (χ4n) is 1.64. The van der Waals surface area contributed by atoms with Gasteiger partial charge in [-0.2, -0.15) is 0 Å². The molecule has 88 valence electrons. The number of aliphatic imine (C=N–C) groups is 1. The molecule has 0 radical (unpaired) electrons. The Balaban J connectivity index is 2.38. The average molecular weight is 212 g/mol. The van der Waals surface area contributed by atoms with Crippen LogP contribution in [-0.2, 0) is 0 Å². The third-order valence-electron chi connectivity index (χ3n) is 2.88. The highest BCUT2D eigenvalue weighted by molar-refractivity contribution is 5.79. The summed E-state index contributed by atoms with van der Waals surface area (Å²) in [5, 5.41) is 0. The molecule has 0 aromatic heterocycles. The van der Waals surface area contributed by atoms with Crippen molar-refractivity contribution in [3.8, 4) is 0 Å². The molecule has 1 aliphatic carbocycles. The summed E-state index contributed by atoms with van der Waals surface area (Å²) in [7, 11) is 2.05. The van der Waals surface area contributed by atoms with E-state index in [4.69, 9.17) is 5.84 Å². The molecule has 1 aliphatic rings. The van der Waals surface area contributed by atoms with Gasteiger partial charge >= 0.3 is 0 Å². The summed E-state index contributed by atoms with van der Waals surface area (Å²) in [5.41, 5.74) is 2.68. The number of hydrogen-bond acceptors (Lipinski definition) is 2. The first kappa shape index (κ1) is 12.3. The molecule has 2 unspecified atom stereocenters. The van der Waals surface area contributed by atoms with Crippen molar-refractivity contribution in [3.05, 3.63) is 0 Å². The van der Waals surface area contributed by atoms with E-state index in [-0.39, 0.29) is 0 Å². The highest BCUT2D eigenvalue weighted by Crippen LogP contribution is 2.37. The van der Waals surface area contributed by atoms with Gasteiger partial charge in [0.05, 0.1) is 0 Å². The van der Waals surface area contributed by atoms with Crippen molar-refractivity contribution in [1.29, 1.82) is 0 Å². The zero-order chi connectivity index (χ0) is 11.4. The zero-order valence-corrected chi connectivity index (χ0v) is 10.3. The largest absolute Gasteiger partial charge is 0.345 e.